The van der Waals surface area contributed by atoms with Crippen LogP contribution in [0.15, 0.2) is 12.2 Å². The number of unbranched alkanes of at least 4 members (excludes halogenated alkanes) is 11. The van der Waals surface area contributed by atoms with Crippen LogP contribution in [0.25, 0.3) is 0 Å². The molecule has 0 saturated heterocycles. The summed E-state index contributed by atoms with van der Waals surface area (Å²) in [5.74, 6) is -0.987. The fourth-order valence-electron chi connectivity index (χ4n) is 2.53. The number of nitrogens with one attached hydrogen (secondary N) is 1. The lowest BCUT2D eigenvalue weighted by Gasteiger charge is -2.04. The van der Waals surface area contributed by atoms with Crippen molar-refractivity contribution < 1.29 is 14.3 Å². The van der Waals surface area contributed by atoms with E-state index in [2.05, 4.69) is 17.0 Å². The van der Waals surface area contributed by atoms with E-state index in [4.69, 9.17) is 5.26 Å². The topological polar surface area (TPSA) is 79.2 Å². The normalized spacial score (nSPS) is 10.6. The van der Waals surface area contributed by atoms with Gasteiger partial charge >= 0.3 is 5.97 Å². The average Bonchev–Trinajstić information content (AvgIpc) is 2.62. The molecule has 0 heterocycles. The van der Waals surface area contributed by atoms with Crippen LogP contribution in [0.1, 0.15) is 84.0 Å². The lowest BCUT2D eigenvalue weighted by atomic mass is 10.1. The third kappa shape index (κ3) is 18.4. The quantitative estimate of drug-likeness (QED) is 0.254. The number of hydrogen-bond donors (Lipinski definition) is 1. The highest BCUT2D eigenvalue weighted by Gasteiger charge is 1.99. The molecule has 1 amide bonds. The second kappa shape index (κ2) is 18.5. The summed E-state index contributed by atoms with van der Waals surface area (Å²) in [6.07, 6.45) is 17.6. The predicted octanol–water partition coefficient (Wildman–Crippen LogP) is 4.43. The summed E-state index contributed by atoms with van der Waals surface area (Å²) in [6, 6.07) is 1.69. The molecule has 0 unspecified atom stereocenters. The van der Waals surface area contributed by atoms with Crippen molar-refractivity contribution in [3.8, 4) is 6.07 Å². The van der Waals surface area contributed by atoms with Crippen molar-refractivity contribution in [2.45, 2.75) is 84.0 Å². The zero-order valence-corrected chi connectivity index (χ0v) is 15.7. The Kier molecular flexibility index (Phi) is 17.2. The fraction of sp³-hybridized carbons (Fsp3) is 0.750. The summed E-state index contributed by atoms with van der Waals surface area (Å²) in [5.41, 5.74) is 0. The summed E-state index contributed by atoms with van der Waals surface area (Å²) in [6.45, 7) is 2.56. The van der Waals surface area contributed by atoms with Crippen molar-refractivity contribution in [1.29, 1.82) is 5.26 Å². The summed E-state index contributed by atoms with van der Waals surface area (Å²) < 4.78 is 4.50. The van der Waals surface area contributed by atoms with Gasteiger partial charge in [-0.1, -0.05) is 77.6 Å². The van der Waals surface area contributed by atoms with Crippen LogP contribution in [0.2, 0.25) is 0 Å². The highest BCUT2D eigenvalue weighted by Crippen LogP contribution is 2.11. The highest BCUT2D eigenvalue weighted by atomic mass is 16.5. The molecule has 0 aliphatic rings. The van der Waals surface area contributed by atoms with Crippen LogP contribution in [-0.4, -0.2) is 25.0 Å². The van der Waals surface area contributed by atoms with E-state index in [9.17, 15) is 9.59 Å². The van der Waals surface area contributed by atoms with Gasteiger partial charge in [0.2, 0.25) is 5.91 Å². The molecule has 0 aliphatic heterocycles. The fourth-order valence-corrected chi connectivity index (χ4v) is 2.53. The lowest BCUT2D eigenvalue weighted by Crippen LogP contribution is -2.22. The van der Waals surface area contributed by atoms with Crippen molar-refractivity contribution >= 4 is 11.9 Å². The number of nitrogens with zero attached hydrogens (tertiary/aromatic N) is 1. The molecule has 0 rings (SSSR count). The zero-order valence-electron chi connectivity index (χ0n) is 15.7. The van der Waals surface area contributed by atoms with E-state index in [1.165, 1.54) is 64.2 Å². The molecule has 0 aromatic heterocycles. The lowest BCUT2D eigenvalue weighted by molar-refractivity contribution is -0.136. The van der Waals surface area contributed by atoms with Crippen LogP contribution in [0.3, 0.4) is 0 Å². The van der Waals surface area contributed by atoms with Crippen molar-refractivity contribution in [2.24, 2.45) is 0 Å². The summed E-state index contributed by atoms with van der Waals surface area (Å²) in [5, 5.41) is 11.0. The van der Waals surface area contributed by atoms with Gasteiger partial charge in [0, 0.05) is 18.7 Å². The van der Waals surface area contributed by atoms with Gasteiger partial charge in [0.15, 0.2) is 6.61 Å². The molecule has 5 heteroatoms. The molecule has 5 nitrogen and oxygen atoms in total. The second-order valence-corrected chi connectivity index (χ2v) is 6.28. The van der Waals surface area contributed by atoms with Crippen LogP contribution in [-0.2, 0) is 14.3 Å². The Balaban J connectivity index is 3.32. The SMILES string of the molecule is CCCCCCCCCCCCCCNC(=O)/C=C\C(=O)OCC#N. The first-order valence-electron chi connectivity index (χ1n) is 9.70. The molecule has 0 radical (unpaired) electrons. The molecular formula is C20H34N2O3. The Labute approximate surface area is 152 Å². The zero-order chi connectivity index (χ0) is 18.6. The Bertz CT molecular complexity index is 414. The van der Waals surface area contributed by atoms with Crippen LogP contribution < -0.4 is 5.32 Å². The van der Waals surface area contributed by atoms with Gasteiger partial charge in [-0.25, -0.2) is 4.79 Å². The molecule has 142 valence electrons. The third-order valence-electron chi connectivity index (χ3n) is 3.98. The minimum absolute atomic E-state index is 0.302. The monoisotopic (exact) mass is 350 g/mol. The number of amides is 1. The highest BCUT2D eigenvalue weighted by molar-refractivity contribution is 5.94. The summed E-state index contributed by atoms with van der Waals surface area (Å²) in [4.78, 5) is 22.5. The number of hydrogen-bond acceptors (Lipinski definition) is 4. The molecule has 0 aromatic rings. The van der Waals surface area contributed by atoms with Crippen LogP contribution >= 0.6 is 0 Å². The molecule has 0 bridgehead atoms. The van der Waals surface area contributed by atoms with Crippen molar-refractivity contribution in [1.82, 2.24) is 5.32 Å². The largest absolute Gasteiger partial charge is 0.447 e. The Morgan fingerprint density at radius 1 is 0.880 bits per heavy atom. The molecular weight excluding hydrogens is 316 g/mol. The van der Waals surface area contributed by atoms with E-state index in [-0.39, 0.29) is 12.5 Å². The smallest absolute Gasteiger partial charge is 0.331 e. The van der Waals surface area contributed by atoms with E-state index in [0.717, 1.165) is 25.0 Å². The van der Waals surface area contributed by atoms with Crippen LogP contribution in [0.4, 0.5) is 0 Å². The van der Waals surface area contributed by atoms with Crippen molar-refractivity contribution in [2.75, 3.05) is 13.2 Å². The third-order valence-corrected chi connectivity index (χ3v) is 3.98. The first kappa shape index (κ1) is 23.2. The minimum atomic E-state index is -0.679. The minimum Gasteiger partial charge on any atom is -0.447 e. The average molecular weight is 351 g/mol. The molecule has 0 atom stereocenters. The molecule has 0 saturated carbocycles. The number of nitriles is 1. The van der Waals surface area contributed by atoms with Gasteiger partial charge in [-0.15, -0.1) is 0 Å². The predicted molar refractivity (Wildman–Crippen MR) is 99.8 cm³/mol. The number of ether oxygens (including phenoxy) is 1. The molecule has 0 fully saturated rings. The first-order valence-corrected chi connectivity index (χ1v) is 9.70. The van der Waals surface area contributed by atoms with Crippen molar-refractivity contribution in [3.63, 3.8) is 0 Å². The van der Waals surface area contributed by atoms with Gasteiger partial charge in [0.1, 0.15) is 6.07 Å². The Morgan fingerprint density at radius 3 is 1.92 bits per heavy atom. The number of rotatable bonds is 16. The van der Waals surface area contributed by atoms with E-state index < -0.39 is 5.97 Å². The maximum Gasteiger partial charge on any atom is 0.331 e. The van der Waals surface area contributed by atoms with E-state index in [1.807, 2.05) is 0 Å². The number of carbonyl (C=O) groups is 2. The molecule has 0 aliphatic carbocycles. The molecule has 0 aromatic carbocycles. The van der Waals surface area contributed by atoms with E-state index in [0.29, 0.717) is 6.54 Å². The maximum atomic E-state index is 11.5. The number of esters is 1. The Morgan fingerprint density at radius 2 is 1.40 bits per heavy atom. The first-order chi connectivity index (χ1) is 12.2. The standard InChI is InChI=1S/C20H34N2O3/c1-2-3-4-5-6-7-8-9-10-11-12-13-17-22-19(23)14-15-20(24)25-18-16-21/h14-15H,2-13,17-18H2,1H3,(H,22,23)/b15-14-. The van der Waals surface area contributed by atoms with Gasteiger partial charge in [-0.05, 0) is 6.42 Å². The Hall–Kier alpha value is -1.83. The van der Waals surface area contributed by atoms with E-state index >= 15 is 0 Å². The molecule has 25 heavy (non-hydrogen) atoms. The van der Waals surface area contributed by atoms with Crippen LogP contribution in [0.5, 0.6) is 0 Å². The molecule has 0 spiro atoms. The summed E-state index contributed by atoms with van der Waals surface area (Å²) >= 11 is 0. The van der Waals surface area contributed by atoms with Gasteiger partial charge < -0.3 is 10.1 Å². The van der Waals surface area contributed by atoms with E-state index in [1.54, 1.807) is 6.07 Å². The van der Waals surface area contributed by atoms with Gasteiger partial charge in [0.05, 0.1) is 0 Å². The number of carbonyl (C=O) groups excluding carboxylic acids is 2. The summed E-state index contributed by atoms with van der Waals surface area (Å²) in [7, 11) is 0. The van der Waals surface area contributed by atoms with Gasteiger partial charge in [-0.3, -0.25) is 4.79 Å². The second-order valence-electron chi connectivity index (χ2n) is 6.28. The van der Waals surface area contributed by atoms with Gasteiger partial charge in [-0.2, -0.15) is 5.26 Å². The maximum absolute atomic E-state index is 11.5. The molecule has 1 N–H and O–H groups in total. The van der Waals surface area contributed by atoms with Crippen molar-refractivity contribution in [3.05, 3.63) is 12.2 Å². The van der Waals surface area contributed by atoms with Crippen LogP contribution in [0, 0.1) is 11.3 Å². The van der Waals surface area contributed by atoms with Gasteiger partial charge in [0.25, 0.3) is 0 Å².